The van der Waals surface area contributed by atoms with Crippen molar-refractivity contribution in [3.8, 4) is 11.8 Å². The summed E-state index contributed by atoms with van der Waals surface area (Å²) in [6.45, 7) is 3.19. The number of fused-ring (bicyclic) bond motifs is 1. The second-order valence-corrected chi connectivity index (χ2v) is 8.59. The van der Waals surface area contributed by atoms with Crippen LogP contribution in [0.25, 0.3) is 16.7 Å². The zero-order valence-electron chi connectivity index (χ0n) is 19.7. The zero-order valence-corrected chi connectivity index (χ0v) is 19.7. The second-order valence-electron chi connectivity index (χ2n) is 8.59. The van der Waals surface area contributed by atoms with E-state index >= 15 is 0 Å². The Hall–Kier alpha value is -4.87. The fourth-order valence-corrected chi connectivity index (χ4v) is 4.00. The number of aromatic nitrogens is 5. The van der Waals surface area contributed by atoms with Crippen LogP contribution in [-0.4, -0.2) is 66.9 Å². The van der Waals surface area contributed by atoms with E-state index in [1.165, 1.54) is 34.8 Å². The Morgan fingerprint density at radius 2 is 2.16 bits per heavy atom. The summed E-state index contributed by atoms with van der Waals surface area (Å²) in [6, 6.07) is 9.79. The van der Waals surface area contributed by atoms with E-state index < -0.39 is 23.5 Å². The molecule has 2 amide bonds. The largest absolute Gasteiger partial charge is 0.380 e. The van der Waals surface area contributed by atoms with Crippen LogP contribution < -0.4 is 16.0 Å². The number of nitrogen functional groups attached to an aromatic ring is 1. The average Bonchev–Trinajstić information content (AvgIpc) is 3.46. The molecule has 2 atom stereocenters. The molecule has 0 aliphatic carbocycles. The van der Waals surface area contributed by atoms with Crippen molar-refractivity contribution in [3.63, 3.8) is 0 Å². The third kappa shape index (κ3) is 4.22. The molecule has 14 nitrogen and oxygen atoms in total. The van der Waals surface area contributed by atoms with Crippen LogP contribution in [0.5, 0.6) is 0 Å². The predicted molar refractivity (Wildman–Crippen MR) is 128 cm³/mol. The summed E-state index contributed by atoms with van der Waals surface area (Å²) in [7, 11) is 0. The van der Waals surface area contributed by atoms with Gasteiger partial charge in [0.1, 0.15) is 6.07 Å². The molecule has 1 fully saturated rings. The van der Waals surface area contributed by atoms with Crippen LogP contribution in [0.1, 0.15) is 18.3 Å². The number of amides is 2. The molecular formula is C23H21N9O5. The Morgan fingerprint density at radius 1 is 1.35 bits per heavy atom. The SMILES string of the molecule is Cc1cc(N2CCO[C@H]([C@@](C)(O)C(=O)Nc3ccc4c(N)noc4c3)C2=O)nn1-c1cnnc(C#N)c1. The number of aryl methyl sites for hydroxylation is 1. The number of hydrogen-bond acceptors (Lipinski definition) is 11. The van der Waals surface area contributed by atoms with Gasteiger partial charge < -0.3 is 25.4 Å². The van der Waals surface area contributed by atoms with Gasteiger partial charge in [-0.05, 0) is 26.0 Å². The molecule has 4 aromatic rings. The van der Waals surface area contributed by atoms with E-state index in [9.17, 15) is 14.7 Å². The number of nitrogens with one attached hydrogen (secondary N) is 1. The van der Waals surface area contributed by atoms with Gasteiger partial charge in [0.25, 0.3) is 11.8 Å². The van der Waals surface area contributed by atoms with E-state index in [2.05, 4.69) is 25.8 Å². The lowest BCUT2D eigenvalue weighted by Crippen LogP contribution is -2.61. The molecule has 4 N–H and O–H groups in total. The van der Waals surface area contributed by atoms with Crippen molar-refractivity contribution in [1.29, 1.82) is 5.26 Å². The molecule has 0 bridgehead atoms. The summed E-state index contributed by atoms with van der Waals surface area (Å²) in [5, 5.41) is 39.0. The maximum Gasteiger partial charge on any atom is 0.260 e. The first-order chi connectivity index (χ1) is 17.7. The molecule has 3 aromatic heterocycles. The van der Waals surface area contributed by atoms with Gasteiger partial charge in [-0.1, -0.05) is 5.16 Å². The molecule has 0 spiro atoms. The van der Waals surface area contributed by atoms with Crippen LogP contribution in [0.2, 0.25) is 0 Å². The molecule has 14 heteroatoms. The number of hydrogen-bond donors (Lipinski definition) is 3. The lowest BCUT2D eigenvalue weighted by Gasteiger charge is -2.37. The van der Waals surface area contributed by atoms with Gasteiger partial charge in [0.15, 0.2) is 34.6 Å². The summed E-state index contributed by atoms with van der Waals surface area (Å²) in [4.78, 5) is 27.7. The normalized spacial score (nSPS) is 17.4. The van der Waals surface area contributed by atoms with Gasteiger partial charge in [-0.25, -0.2) is 4.68 Å². The number of nitrogens with zero attached hydrogens (tertiary/aromatic N) is 7. The van der Waals surface area contributed by atoms with Crippen molar-refractivity contribution < 1.29 is 24.0 Å². The number of ether oxygens (including phenoxy) is 1. The first kappa shape index (κ1) is 23.9. The molecule has 0 saturated carbocycles. The molecule has 37 heavy (non-hydrogen) atoms. The predicted octanol–water partition coefficient (Wildman–Crippen LogP) is 0.687. The van der Waals surface area contributed by atoms with E-state index in [4.69, 9.17) is 20.3 Å². The number of anilines is 3. The van der Waals surface area contributed by atoms with Gasteiger partial charge in [0, 0.05) is 29.6 Å². The number of carbonyl (C=O) groups excluding carboxylic acids is 2. The molecular weight excluding hydrogens is 482 g/mol. The van der Waals surface area contributed by atoms with Crippen LogP contribution in [0.15, 0.2) is 41.1 Å². The highest BCUT2D eigenvalue weighted by molar-refractivity contribution is 6.06. The summed E-state index contributed by atoms with van der Waals surface area (Å²) in [5.74, 6) is -0.992. The van der Waals surface area contributed by atoms with E-state index in [0.29, 0.717) is 28.0 Å². The fourth-order valence-electron chi connectivity index (χ4n) is 4.00. The van der Waals surface area contributed by atoms with Crippen molar-refractivity contribution >= 4 is 40.1 Å². The van der Waals surface area contributed by atoms with Gasteiger partial charge in [-0.2, -0.15) is 10.4 Å². The minimum Gasteiger partial charge on any atom is -0.380 e. The number of nitriles is 1. The number of morpholine rings is 1. The first-order valence-electron chi connectivity index (χ1n) is 11.1. The third-order valence-corrected chi connectivity index (χ3v) is 5.97. The number of benzene rings is 1. The second kappa shape index (κ2) is 8.97. The van der Waals surface area contributed by atoms with Crippen LogP contribution in [-0.2, 0) is 14.3 Å². The zero-order chi connectivity index (χ0) is 26.3. The Labute approximate surface area is 209 Å². The first-order valence-corrected chi connectivity index (χ1v) is 11.1. The number of nitrogens with two attached hydrogens (primary N) is 1. The quantitative estimate of drug-likeness (QED) is 0.346. The van der Waals surface area contributed by atoms with Crippen LogP contribution in [0, 0.1) is 18.3 Å². The van der Waals surface area contributed by atoms with Crippen LogP contribution in [0.3, 0.4) is 0 Å². The van der Waals surface area contributed by atoms with Gasteiger partial charge in [0.05, 0.1) is 30.4 Å². The fraction of sp³-hybridized carbons (Fsp3) is 0.261. The summed E-state index contributed by atoms with van der Waals surface area (Å²) in [5.41, 5.74) is 5.42. The highest BCUT2D eigenvalue weighted by Crippen LogP contribution is 2.28. The van der Waals surface area contributed by atoms with E-state index in [-0.39, 0.29) is 30.5 Å². The molecule has 0 unspecified atom stereocenters. The minimum absolute atomic E-state index is 0.0600. The molecule has 1 aliphatic heterocycles. The Bertz CT molecular complexity index is 1570. The number of rotatable bonds is 5. The van der Waals surface area contributed by atoms with Crippen molar-refractivity contribution in [3.05, 3.63) is 47.9 Å². The molecule has 1 aromatic carbocycles. The van der Waals surface area contributed by atoms with Crippen molar-refractivity contribution in [2.45, 2.75) is 25.6 Å². The standard InChI is InChI=1S/C23H21N9O5/c1-12-7-18(29-32(12)15-8-14(10-24)28-26-11-15)31-5-6-36-19(21(31)33)23(2,35)22(34)27-13-3-4-16-17(9-13)37-30-20(16)25/h3-4,7-9,11,19,35H,5-6H2,1-2H3,(H2,25,30)(H,27,34)/t19-,23+/m0/s1. The number of aliphatic hydroxyl groups is 1. The molecule has 4 heterocycles. The molecule has 1 saturated heterocycles. The van der Waals surface area contributed by atoms with Crippen LogP contribution >= 0.6 is 0 Å². The number of carbonyl (C=O) groups is 2. The van der Waals surface area contributed by atoms with Crippen molar-refractivity contribution in [1.82, 2.24) is 25.1 Å². The lowest BCUT2D eigenvalue weighted by molar-refractivity contribution is -0.165. The topological polar surface area (TPSA) is 198 Å². The highest BCUT2D eigenvalue weighted by atomic mass is 16.5. The summed E-state index contributed by atoms with van der Waals surface area (Å²) >= 11 is 0. The molecule has 188 valence electrons. The highest BCUT2D eigenvalue weighted by Gasteiger charge is 2.49. The Morgan fingerprint density at radius 3 is 2.95 bits per heavy atom. The van der Waals surface area contributed by atoms with Gasteiger partial charge in [-0.3, -0.25) is 14.5 Å². The monoisotopic (exact) mass is 503 g/mol. The van der Waals surface area contributed by atoms with Gasteiger partial charge in [0.2, 0.25) is 0 Å². The average molecular weight is 503 g/mol. The Kier molecular flexibility index (Phi) is 5.78. The van der Waals surface area contributed by atoms with Crippen LogP contribution in [0.4, 0.5) is 17.3 Å². The van der Waals surface area contributed by atoms with E-state index in [1.54, 1.807) is 25.1 Å². The van der Waals surface area contributed by atoms with Gasteiger partial charge in [-0.15, -0.1) is 10.2 Å². The smallest absolute Gasteiger partial charge is 0.260 e. The third-order valence-electron chi connectivity index (χ3n) is 5.97. The van der Waals surface area contributed by atoms with Crippen molar-refractivity contribution in [2.24, 2.45) is 0 Å². The summed E-state index contributed by atoms with van der Waals surface area (Å²) in [6.07, 6.45) is -0.0575. The molecule has 0 radical (unpaired) electrons. The summed E-state index contributed by atoms with van der Waals surface area (Å²) < 4.78 is 12.2. The molecule has 5 rings (SSSR count). The minimum atomic E-state index is -2.22. The maximum absolute atomic E-state index is 13.4. The van der Waals surface area contributed by atoms with Gasteiger partial charge >= 0.3 is 0 Å². The van der Waals surface area contributed by atoms with E-state index in [0.717, 1.165) is 0 Å². The van der Waals surface area contributed by atoms with Crippen molar-refractivity contribution in [2.75, 3.05) is 29.1 Å². The maximum atomic E-state index is 13.4. The molecule has 1 aliphatic rings. The van der Waals surface area contributed by atoms with E-state index in [1.807, 2.05) is 6.07 Å². The lowest BCUT2D eigenvalue weighted by atomic mass is 9.95. The Balaban J connectivity index is 1.37.